The summed E-state index contributed by atoms with van der Waals surface area (Å²) in [6.45, 7) is 3.58. The van der Waals surface area contributed by atoms with Crippen LogP contribution < -0.4 is 10.9 Å². The van der Waals surface area contributed by atoms with Crippen LogP contribution in [0.4, 0.5) is 14.5 Å². The normalized spacial score (nSPS) is 17.0. The van der Waals surface area contributed by atoms with Gasteiger partial charge in [-0.1, -0.05) is 30.2 Å². The van der Waals surface area contributed by atoms with Crippen LogP contribution in [0.25, 0.3) is 28.1 Å². The molecule has 43 heavy (non-hydrogen) atoms. The van der Waals surface area contributed by atoms with Crippen LogP contribution in [0.1, 0.15) is 43.6 Å². The van der Waals surface area contributed by atoms with E-state index < -0.39 is 23.2 Å². The van der Waals surface area contributed by atoms with E-state index in [4.69, 9.17) is 11.6 Å². The third-order valence-corrected chi connectivity index (χ3v) is 7.88. The Kier molecular flexibility index (Phi) is 7.57. The minimum absolute atomic E-state index is 0.0129. The molecule has 2 atom stereocenters. The maximum atomic E-state index is 15.4. The van der Waals surface area contributed by atoms with Crippen molar-refractivity contribution in [1.29, 1.82) is 0 Å². The molecule has 6 rings (SSSR count). The molecule has 1 amide bonds. The van der Waals surface area contributed by atoms with E-state index in [9.17, 15) is 14.0 Å². The first kappa shape index (κ1) is 28.4. The van der Waals surface area contributed by atoms with E-state index in [1.807, 2.05) is 6.92 Å². The highest BCUT2D eigenvalue weighted by Crippen LogP contribution is 2.35. The molecule has 0 fully saturated rings. The summed E-state index contributed by atoms with van der Waals surface area (Å²) in [4.78, 5) is 35.7. The van der Waals surface area contributed by atoms with E-state index in [0.29, 0.717) is 53.2 Å². The Morgan fingerprint density at radius 3 is 2.63 bits per heavy atom. The number of amides is 1. The molecule has 218 valence electrons. The Labute approximate surface area is 250 Å². The highest BCUT2D eigenvalue weighted by molar-refractivity contribution is 6.31. The monoisotopic (exact) mass is 601 g/mol. The fourth-order valence-corrected chi connectivity index (χ4v) is 5.47. The number of nitrogens with zero attached hydrogens (tertiary/aromatic N) is 6. The molecule has 0 saturated carbocycles. The van der Waals surface area contributed by atoms with Gasteiger partial charge < -0.3 is 5.32 Å². The number of benzene rings is 2. The molecule has 3 aromatic heterocycles. The third kappa shape index (κ3) is 5.55. The SMILES string of the molecule is Cc1cn(-c2ccc(Cl)c(F)c2-c2cc(=O)n(C3CCCC(C)C(=O)Nc4ccc(F)cc4-c4ccnc3c4)cn2)nn1. The Morgan fingerprint density at radius 1 is 1.02 bits per heavy atom. The van der Waals surface area contributed by atoms with Crippen LogP contribution in [0, 0.1) is 24.5 Å². The molecule has 1 aliphatic heterocycles. The van der Waals surface area contributed by atoms with Crippen LogP contribution in [0.2, 0.25) is 5.02 Å². The summed E-state index contributed by atoms with van der Waals surface area (Å²) in [5, 5.41) is 10.8. The van der Waals surface area contributed by atoms with E-state index >= 15 is 4.39 Å². The van der Waals surface area contributed by atoms with Crippen LogP contribution in [-0.4, -0.2) is 35.4 Å². The molecule has 0 saturated heterocycles. The quantitative estimate of drug-likeness (QED) is 0.266. The predicted molar refractivity (Wildman–Crippen MR) is 158 cm³/mol. The summed E-state index contributed by atoms with van der Waals surface area (Å²) in [6, 6.07) is 11.4. The van der Waals surface area contributed by atoms with Gasteiger partial charge in [0.05, 0.1) is 51.9 Å². The predicted octanol–water partition coefficient (Wildman–Crippen LogP) is 6.14. The molecule has 4 heterocycles. The first-order valence-corrected chi connectivity index (χ1v) is 14.1. The molecular weight excluding hydrogens is 576 g/mol. The van der Waals surface area contributed by atoms with E-state index in [2.05, 4.69) is 25.6 Å². The van der Waals surface area contributed by atoms with Crippen molar-refractivity contribution in [3.63, 3.8) is 0 Å². The van der Waals surface area contributed by atoms with Crippen molar-refractivity contribution in [2.45, 2.75) is 39.2 Å². The molecule has 0 spiro atoms. The Bertz CT molecular complexity index is 1920. The number of halogens is 3. The van der Waals surface area contributed by atoms with E-state index in [0.717, 1.165) is 0 Å². The van der Waals surface area contributed by atoms with Crippen molar-refractivity contribution >= 4 is 23.2 Å². The van der Waals surface area contributed by atoms with Crippen LogP contribution in [-0.2, 0) is 4.79 Å². The standard InChI is InChI=1S/C31H26ClF2N7O2/c1-17-4-3-5-26(24-12-19(10-11-35-24)21-13-20(33)6-8-23(21)37-31(17)43)40-16-36-25(14-28(40)42)29-27(9-7-22(32)30(29)34)41-15-18(2)38-39-41/h6-17,26H,3-5H2,1-2H3,(H,37,43). The zero-order valence-corrected chi connectivity index (χ0v) is 24.0. The molecule has 1 aliphatic rings. The lowest BCUT2D eigenvalue weighted by molar-refractivity contribution is -0.119. The van der Waals surface area contributed by atoms with Crippen molar-refractivity contribution in [3.8, 4) is 28.1 Å². The number of aromatic nitrogens is 6. The number of hydrogen-bond donors (Lipinski definition) is 1. The van der Waals surface area contributed by atoms with Gasteiger partial charge in [0.25, 0.3) is 5.56 Å². The summed E-state index contributed by atoms with van der Waals surface area (Å²) in [5.41, 5.74) is 2.78. The van der Waals surface area contributed by atoms with Crippen LogP contribution in [0.15, 0.2) is 72.0 Å². The van der Waals surface area contributed by atoms with Crippen molar-refractivity contribution in [1.82, 2.24) is 29.5 Å². The number of pyridine rings is 1. The smallest absolute Gasteiger partial charge is 0.254 e. The van der Waals surface area contributed by atoms with Crippen LogP contribution in [0.5, 0.6) is 0 Å². The lowest BCUT2D eigenvalue weighted by Crippen LogP contribution is -2.27. The number of hydrogen-bond acceptors (Lipinski definition) is 6. The largest absolute Gasteiger partial charge is 0.325 e. The van der Waals surface area contributed by atoms with Gasteiger partial charge in [0.1, 0.15) is 5.82 Å². The van der Waals surface area contributed by atoms with Gasteiger partial charge in [-0.25, -0.2) is 18.4 Å². The fourth-order valence-electron chi connectivity index (χ4n) is 5.32. The lowest BCUT2D eigenvalue weighted by Gasteiger charge is -2.23. The Hall–Kier alpha value is -4.77. The van der Waals surface area contributed by atoms with E-state index in [1.54, 1.807) is 37.5 Å². The van der Waals surface area contributed by atoms with Gasteiger partial charge in [-0.3, -0.25) is 19.1 Å². The number of carbonyl (C=O) groups is 1. The zero-order chi connectivity index (χ0) is 30.2. The van der Waals surface area contributed by atoms with Gasteiger partial charge in [0.15, 0.2) is 5.82 Å². The van der Waals surface area contributed by atoms with E-state index in [1.165, 1.54) is 45.9 Å². The highest BCUT2D eigenvalue weighted by atomic mass is 35.5. The van der Waals surface area contributed by atoms with Crippen LogP contribution >= 0.6 is 11.6 Å². The summed E-state index contributed by atoms with van der Waals surface area (Å²) in [5.74, 6) is -1.70. The fraction of sp³-hybridized carbons (Fsp3) is 0.226. The second-order valence-electron chi connectivity index (χ2n) is 10.6. The molecule has 0 aliphatic carbocycles. The van der Waals surface area contributed by atoms with Crippen molar-refractivity contribution in [2.24, 2.45) is 5.92 Å². The highest BCUT2D eigenvalue weighted by Gasteiger charge is 2.24. The average Bonchev–Trinajstić information content (AvgIpc) is 3.43. The van der Waals surface area contributed by atoms with Crippen LogP contribution in [0.3, 0.4) is 0 Å². The zero-order valence-electron chi connectivity index (χ0n) is 23.3. The van der Waals surface area contributed by atoms with E-state index in [-0.39, 0.29) is 28.1 Å². The second kappa shape index (κ2) is 11.5. The number of anilines is 1. The van der Waals surface area contributed by atoms with Gasteiger partial charge in [-0.15, -0.1) is 5.10 Å². The average molecular weight is 602 g/mol. The summed E-state index contributed by atoms with van der Waals surface area (Å²) >= 11 is 6.12. The molecule has 2 unspecified atom stereocenters. The lowest BCUT2D eigenvalue weighted by atomic mass is 9.95. The molecule has 2 aromatic carbocycles. The Balaban J connectivity index is 1.46. The number of carbonyl (C=O) groups excluding carboxylic acids is 1. The number of fused-ring (bicyclic) bond motifs is 4. The van der Waals surface area contributed by atoms with Gasteiger partial charge >= 0.3 is 0 Å². The van der Waals surface area contributed by atoms with Crippen molar-refractivity contribution in [3.05, 3.63) is 106 Å². The molecular formula is C31H26ClF2N7O2. The minimum atomic E-state index is -0.740. The maximum absolute atomic E-state index is 15.4. The van der Waals surface area contributed by atoms with Gasteiger partial charge in [-0.05, 0) is 67.8 Å². The van der Waals surface area contributed by atoms with Gasteiger partial charge in [-0.2, -0.15) is 0 Å². The minimum Gasteiger partial charge on any atom is -0.325 e. The summed E-state index contributed by atoms with van der Waals surface area (Å²) in [6.07, 6.45) is 6.20. The van der Waals surface area contributed by atoms with Gasteiger partial charge in [0, 0.05) is 29.4 Å². The first-order valence-electron chi connectivity index (χ1n) is 13.7. The molecule has 0 radical (unpaired) electrons. The summed E-state index contributed by atoms with van der Waals surface area (Å²) < 4.78 is 32.6. The molecule has 1 N–H and O–H groups in total. The van der Waals surface area contributed by atoms with Crippen molar-refractivity contribution in [2.75, 3.05) is 5.32 Å². The maximum Gasteiger partial charge on any atom is 0.254 e. The number of rotatable bonds is 3. The molecule has 5 aromatic rings. The summed E-state index contributed by atoms with van der Waals surface area (Å²) in [7, 11) is 0. The number of aryl methyl sites for hydroxylation is 1. The molecule has 2 bridgehead atoms. The molecule has 9 nitrogen and oxygen atoms in total. The Morgan fingerprint density at radius 2 is 1.86 bits per heavy atom. The molecule has 12 heteroatoms. The van der Waals surface area contributed by atoms with Crippen molar-refractivity contribution < 1.29 is 13.6 Å². The topological polar surface area (TPSA) is 108 Å². The first-order chi connectivity index (χ1) is 20.7. The van der Waals surface area contributed by atoms with Gasteiger partial charge in [0.2, 0.25) is 5.91 Å². The second-order valence-corrected chi connectivity index (χ2v) is 11.0. The third-order valence-electron chi connectivity index (χ3n) is 7.59. The number of nitrogens with one attached hydrogen (secondary N) is 1.